The number of nitrogens with two attached hydrogens (primary N) is 1. The monoisotopic (exact) mass is 209 g/mol. The Morgan fingerprint density at radius 1 is 1.29 bits per heavy atom. The third kappa shape index (κ3) is 3.72. The molecule has 0 spiro atoms. The fourth-order valence-corrected chi connectivity index (χ4v) is 2.07. The third-order valence-electron chi connectivity index (χ3n) is 1.97. The van der Waals surface area contributed by atoms with Crippen LogP contribution in [0.5, 0.6) is 0 Å². The van der Waals surface area contributed by atoms with Gasteiger partial charge in [-0.3, -0.25) is 0 Å². The number of hydrogen-bond acceptors (Lipinski definition) is 2. The van der Waals surface area contributed by atoms with Gasteiger partial charge in [0.1, 0.15) is 0 Å². The zero-order chi connectivity index (χ0) is 10.6. The van der Waals surface area contributed by atoms with E-state index in [-0.39, 0.29) is 6.04 Å². The Labute approximate surface area is 91.1 Å². The molecule has 2 heteroatoms. The molecule has 0 amide bonds. The van der Waals surface area contributed by atoms with Crippen LogP contribution in [0.4, 0.5) is 0 Å². The first-order valence-corrected chi connectivity index (χ1v) is 6.06. The van der Waals surface area contributed by atoms with Crippen molar-refractivity contribution in [3.63, 3.8) is 0 Å². The van der Waals surface area contributed by atoms with Crippen molar-refractivity contribution in [2.24, 2.45) is 11.7 Å². The molecule has 14 heavy (non-hydrogen) atoms. The number of benzene rings is 1. The Morgan fingerprint density at radius 3 is 2.57 bits per heavy atom. The van der Waals surface area contributed by atoms with Crippen LogP contribution in [-0.2, 0) is 0 Å². The highest BCUT2D eigenvalue weighted by Gasteiger charge is 2.01. The number of rotatable bonds is 4. The van der Waals surface area contributed by atoms with Crippen molar-refractivity contribution in [2.45, 2.75) is 31.7 Å². The van der Waals surface area contributed by atoms with E-state index >= 15 is 0 Å². The Bertz CT molecular complexity index is 281. The molecule has 0 radical (unpaired) electrons. The van der Waals surface area contributed by atoms with Crippen LogP contribution in [0.1, 0.15) is 32.4 Å². The molecule has 1 nitrogen and oxygen atoms in total. The predicted octanol–water partition coefficient (Wildman–Crippen LogP) is 3.45. The van der Waals surface area contributed by atoms with E-state index in [1.807, 2.05) is 18.7 Å². The highest BCUT2D eigenvalue weighted by molar-refractivity contribution is 7.99. The average molecular weight is 209 g/mol. The zero-order valence-corrected chi connectivity index (χ0v) is 9.97. The summed E-state index contributed by atoms with van der Waals surface area (Å²) in [4.78, 5) is 1.33. The first-order valence-electron chi connectivity index (χ1n) is 5.08. The van der Waals surface area contributed by atoms with Crippen molar-refractivity contribution in [3.05, 3.63) is 29.8 Å². The maximum atomic E-state index is 5.83. The van der Waals surface area contributed by atoms with Crippen LogP contribution in [0.3, 0.4) is 0 Å². The maximum absolute atomic E-state index is 5.83. The predicted molar refractivity (Wildman–Crippen MR) is 64.6 cm³/mol. The van der Waals surface area contributed by atoms with E-state index in [4.69, 9.17) is 5.73 Å². The molecule has 0 aromatic heterocycles. The topological polar surface area (TPSA) is 26.0 Å². The Balaban J connectivity index is 2.64. The lowest BCUT2D eigenvalue weighted by Gasteiger charge is -2.08. The van der Waals surface area contributed by atoms with Gasteiger partial charge < -0.3 is 5.73 Å². The SMILES string of the molecule is CC(C)CSc1cccc(C(C)N)c1. The molecule has 1 unspecified atom stereocenters. The molecule has 1 aromatic rings. The molecule has 1 aromatic carbocycles. The van der Waals surface area contributed by atoms with Crippen molar-refractivity contribution in [3.8, 4) is 0 Å². The largest absolute Gasteiger partial charge is 0.324 e. The van der Waals surface area contributed by atoms with E-state index < -0.39 is 0 Å². The van der Waals surface area contributed by atoms with E-state index in [0.717, 1.165) is 5.92 Å². The van der Waals surface area contributed by atoms with E-state index in [0.29, 0.717) is 0 Å². The van der Waals surface area contributed by atoms with Gasteiger partial charge in [-0.05, 0) is 30.5 Å². The van der Waals surface area contributed by atoms with Gasteiger partial charge >= 0.3 is 0 Å². The van der Waals surface area contributed by atoms with Crippen molar-refractivity contribution in [1.82, 2.24) is 0 Å². The third-order valence-corrected chi connectivity index (χ3v) is 3.39. The summed E-state index contributed by atoms with van der Waals surface area (Å²) < 4.78 is 0. The molecule has 1 rings (SSSR count). The van der Waals surface area contributed by atoms with Gasteiger partial charge in [0, 0.05) is 16.7 Å². The van der Waals surface area contributed by atoms with Crippen LogP contribution in [0, 0.1) is 5.92 Å². The summed E-state index contributed by atoms with van der Waals surface area (Å²) in [6.07, 6.45) is 0. The second-order valence-corrected chi connectivity index (χ2v) is 5.16. The molecule has 0 heterocycles. The second-order valence-electron chi connectivity index (χ2n) is 4.07. The fraction of sp³-hybridized carbons (Fsp3) is 0.500. The molecule has 1 atom stereocenters. The van der Waals surface area contributed by atoms with Gasteiger partial charge in [0.05, 0.1) is 0 Å². The minimum atomic E-state index is 0.134. The molecular formula is C12H19NS. The summed E-state index contributed by atoms with van der Waals surface area (Å²) >= 11 is 1.90. The van der Waals surface area contributed by atoms with Crippen LogP contribution in [0.25, 0.3) is 0 Å². The average Bonchev–Trinajstić information content (AvgIpc) is 2.15. The van der Waals surface area contributed by atoms with Gasteiger partial charge in [-0.1, -0.05) is 26.0 Å². The highest BCUT2D eigenvalue weighted by Crippen LogP contribution is 2.23. The lowest BCUT2D eigenvalue weighted by molar-refractivity contribution is 0.750. The molecule has 78 valence electrons. The second kappa shape index (κ2) is 5.42. The van der Waals surface area contributed by atoms with Crippen LogP contribution < -0.4 is 5.73 Å². The van der Waals surface area contributed by atoms with Crippen LogP contribution in [0.15, 0.2) is 29.2 Å². The normalized spacial score (nSPS) is 13.2. The van der Waals surface area contributed by atoms with Crippen LogP contribution >= 0.6 is 11.8 Å². The van der Waals surface area contributed by atoms with Gasteiger partial charge in [0.2, 0.25) is 0 Å². The number of hydrogen-bond donors (Lipinski definition) is 1. The fourth-order valence-electron chi connectivity index (χ4n) is 1.15. The standard InChI is InChI=1S/C12H19NS/c1-9(2)8-14-12-6-4-5-11(7-12)10(3)13/h4-7,9-10H,8,13H2,1-3H3. The van der Waals surface area contributed by atoms with Gasteiger partial charge in [-0.25, -0.2) is 0 Å². The lowest BCUT2D eigenvalue weighted by atomic mass is 10.1. The molecule has 0 bridgehead atoms. The first-order chi connectivity index (χ1) is 6.59. The smallest absolute Gasteiger partial charge is 0.0266 e. The summed E-state index contributed by atoms with van der Waals surface area (Å²) in [5.41, 5.74) is 7.05. The van der Waals surface area contributed by atoms with Crippen molar-refractivity contribution >= 4 is 11.8 Å². The number of thioether (sulfide) groups is 1. The van der Waals surface area contributed by atoms with Gasteiger partial charge in [-0.15, -0.1) is 11.8 Å². The summed E-state index contributed by atoms with van der Waals surface area (Å²) in [5.74, 6) is 1.90. The van der Waals surface area contributed by atoms with Crippen LogP contribution in [0.2, 0.25) is 0 Å². The Morgan fingerprint density at radius 2 is 2.00 bits per heavy atom. The Hall–Kier alpha value is -0.470. The molecular weight excluding hydrogens is 190 g/mol. The van der Waals surface area contributed by atoms with Crippen molar-refractivity contribution in [2.75, 3.05) is 5.75 Å². The Kier molecular flexibility index (Phi) is 4.49. The minimum Gasteiger partial charge on any atom is -0.324 e. The van der Waals surface area contributed by atoms with Gasteiger partial charge in [-0.2, -0.15) is 0 Å². The molecule has 0 fully saturated rings. The van der Waals surface area contributed by atoms with Crippen LogP contribution in [-0.4, -0.2) is 5.75 Å². The van der Waals surface area contributed by atoms with E-state index in [1.165, 1.54) is 16.2 Å². The van der Waals surface area contributed by atoms with Crippen molar-refractivity contribution in [1.29, 1.82) is 0 Å². The first kappa shape index (κ1) is 11.6. The zero-order valence-electron chi connectivity index (χ0n) is 9.16. The molecule has 0 aliphatic carbocycles. The summed E-state index contributed by atoms with van der Waals surface area (Å²) in [6, 6.07) is 8.65. The summed E-state index contributed by atoms with van der Waals surface area (Å²) in [7, 11) is 0. The lowest BCUT2D eigenvalue weighted by Crippen LogP contribution is -2.04. The highest BCUT2D eigenvalue weighted by atomic mass is 32.2. The maximum Gasteiger partial charge on any atom is 0.0266 e. The molecule has 2 N–H and O–H groups in total. The molecule has 0 aliphatic rings. The summed E-state index contributed by atoms with van der Waals surface area (Å²) in [5, 5.41) is 0. The summed E-state index contributed by atoms with van der Waals surface area (Å²) in [6.45, 7) is 6.50. The minimum absolute atomic E-state index is 0.134. The molecule has 0 aliphatic heterocycles. The molecule has 0 saturated heterocycles. The van der Waals surface area contributed by atoms with E-state index in [2.05, 4.69) is 38.1 Å². The van der Waals surface area contributed by atoms with Crippen molar-refractivity contribution < 1.29 is 0 Å². The van der Waals surface area contributed by atoms with Gasteiger partial charge in [0.25, 0.3) is 0 Å². The van der Waals surface area contributed by atoms with E-state index in [9.17, 15) is 0 Å². The van der Waals surface area contributed by atoms with Gasteiger partial charge in [0.15, 0.2) is 0 Å². The quantitative estimate of drug-likeness (QED) is 0.769. The molecule has 0 saturated carbocycles. The van der Waals surface area contributed by atoms with E-state index in [1.54, 1.807) is 0 Å².